The summed E-state index contributed by atoms with van der Waals surface area (Å²) in [5, 5.41) is 37.7. The van der Waals surface area contributed by atoms with Crippen molar-refractivity contribution in [2.45, 2.75) is 0 Å². The number of aromatic hydroxyl groups is 2. The van der Waals surface area contributed by atoms with Crippen molar-refractivity contribution in [1.29, 1.82) is 0 Å². The normalized spacial score (nSPS) is 11.8. The van der Waals surface area contributed by atoms with Gasteiger partial charge in [0.15, 0.2) is 0 Å². The zero-order valence-electron chi connectivity index (χ0n) is 32.6. The van der Waals surface area contributed by atoms with Crippen LogP contribution in [0, 0.1) is 0 Å². The van der Waals surface area contributed by atoms with Crippen molar-refractivity contribution < 1.29 is 10.2 Å². The van der Waals surface area contributed by atoms with Crippen LogP contribution in [-0.2, 0) is 0 Å². The summed E-state index contributed by atoms with van der Waals surface area (Å²) in [5.74, 6) is 0.242. The van der Waals surface area contributed by atoms with Gasteiger partial charge in [0.1, 0.15) is 58.6 Å². The second-order valence-electron chi connectivity index (χ2n) is 15.7. The van der Waals surface area contributed by atoms with Crippen molar-refractivity contribution in [3.8, 4) is 44.9 Å². The van der Waals surface area contributed by atoms with Gasteiger partial charge in [-0.3, -0.25) is 0 Å². The van der Waals surface area contributed by atoms with Gasteiger partial charge in [0.25, 0.3) is 0 Å². The van der Waals surface area contributed by atoms with Crippen molar-refractivity contribution in [3.63, 3.8) is 0 Å². The maximum absolute atomic E-state index is 12.4. The van der Waals surface area contributed by atoms with Gasteiger partial charge in [0, 0.05) is 10.9 Å². The summed E-state index contributed by atoms with van der Waals surface area (Å²) in [7, 11) is 12.7. The summed E-state index contributed by atoms with van der Waals surface area (Å²) in [6.45, 7) is 0. The highest BCUT2D eigenvalue weighted by Gasteiger charge is 2.27. The lowest BCUT2D eigenvalue weighted by Crippen LogP contribution is -2.48. The van der Waals surface area contributed by atoms with Gasteiger partial charge in [-0.05, 0) is 122 Å². The molecule has 0 aliphatic heterocycles. The molecule has 10 rings (SSSR count). The molecule has 0 aliphatic carbocycles. The van der Waals surface area contributed by atoms with Crippen LogP contribution in [0.3, 0.4) is 0 Å². The lowest BCUT2D eigenvalue weighted by atomic mass is 9.62. The Balaban J connectivity index is 1.38. The Labute approximate surface area is 331 Å². The standard InChI is InChI=1S/C48H36B6O2/c49-41-37-35(30-12-5-11-26(21-30)28-16-15-23-7-1-2-8-24(23)19-28)40-39(43(51)48(56)46(54)47(40)55)36(38(37)42(50)45(53)44(41)52)33-14-6-13-31-32(33)18-17-29-20-25-9-3-4-10-27(25)22-34(29)31/h1-22,55-56H,49-54H2. The van der Waals surface area contributed by atoms with E-state index < -0.39 is 0 Å². The van der Waals surface area contributed by atoms with Crippen LogP contribution in [0.2, 0.25) is 0 Å². The molecule has 0 saturated carbocycles. The van der Waals surface area contributed by atoms with E-state index in [1.807, 2.05) is 15.7 Å². The largest absolute Gasteiger partial charge is 0.509 e. The SMILES string of the molecule is Bc1c(B)c(B)c2c(-c3cccc(-c4ccc5ccccc5c4)c3)c3c(O)c(B)c(O)c(B)c3c(-c3cccc4c3ccc3cc5ccccc5cc34)c2c1B. The molecule has 0 saturated heterocycles. The molecular formula is C48H36B6O2. The Morgan fingerprint density at radius 2 is 0.875 bits per heavy atom. The van der Waals surface area contributed by atoms with Crippen LogP contribution >= 0.6 is 0 Å². The number of rotatable bonds is 3. The molecule has 0 unspecified atom stereocenters. The Morgan fingerprint density at radius 3 is 1.61 bits per heavy atom. The highest BCUT2D eigenvalue weighted by molar-refractivity contribution is 6.68. The first kappa shape index (κ1) is 34.3. The van der Waals surface area contributed by atoms with Crippen molar-refractivity contribution in [3.05, 3.63) is 133 Å². The molecule has 0 aromatic heterocycles. The first-order chi connectivity index (χ1) is 27.1. The van der Waals surface area contributed by atoms with Gasteiger partial charge in [0.05, 0.1) is 0 Å². The van der Waals surface area contributed by atoms with Crippen LogP contribution < -0.4 is 32.8 Å². The van der Waals surface area contributed by atoms with Crippen LogP contribution in [-0.4, -0.2) is 57.3 Å². The fourth-order valence-corrected chi connectivity index (χ4v) is 9.53. The van der Waals surface area contributed by atoms with Crippen LogP contribution in [0.25, 0.3) is 98.0 Å². The third-order valence-electron chi connectivity index (χ3n) is 12.9. The van der Waals surface area contributed by atoms with E-state index in [9.17, 15) is 10.2 Å². The minimum absolute atomic E-state index is 0.116. The molecule has 8 heteroatoms. The molecule has 10 aromatic carbocycles. The number of phenolic OH excluding ortho intramolecular Hbond substituents is 2. The van der Waals surface area contributed by atoms with E-state index in [4.69, 9.17) is 0 Å². The molecule has 10 aromatic rings. The van der Waals surface area contributed by atoms with E-state index in [1.54, 1.807) is 0 Å². The van der Waals surface area contributed by atoms with Gasteiger partial charge in [-0.1, -0.05) is 120 Å². The topological polar surface area (TPSA) is 40.5 Å². The highest BCUT2D eigenvalue weighted by atomic mass is 16.3. The second kappa shape index (κ2) is 12.6. The molecule has 0 atom stereocenters. The molecule has 0 bridgehead atoms. The van der Waals surface area contributed by atoms with Crippen LogP contribution in [0.15, 0.2) is 133 Å². The summed E-state index contributed by atoms with van der Waals surface area (Å²) in [5.41, 5.74) is 12.5. The van der Waals surface area contributed by atoms with Gasteiger partial charge >= 0.3 is 0 Å². The van der Waals surface area contributed by atoms with E-state index in [2.05, 4.69) is 165 Å². The van der Waals surface area contributed by atoms with Gasteiger partial charge < -0.3 is 10.2 Å². The minimum Gasteiger partial charge on any atom is -0.509 e. The lowest BCUT2D eigenvalue weighted by molar-refractivity contribution is 0.465. The summed E-state index contributed by atoms with van der Waals surface area (Å²) < 4.78 is 0. The first-order valence-electron chi connectivity index (χ1n) is 19.5. The minimum atomic E-state index is 0.116. The number of hydrogen-bond acceptors (Lipinski definition) is 2. The lowest BCUT2D eigenvalue weighted by Gasteiger charge is -2.27. The summed E-state index contributed by atoms with van der Waals surface area (Å²) in [4.78, 5) is 0. The van der Waals surface area contributed by atoms with Crippen molar-refractivity contribution in [1.82, 2.24) is 0 Å². The van der Waals surface area contributed by atoms with Gasteiger partial charge in [-0.2, -0.15) is 0 Å². The molecule has 0 heterocycles. The average molecular weight is 710 g/mol. The Hall–Kier alpha value is -6.25. The molecule has 258 valence electrons. The van der Waals surface area contributed by atoms with E-state index >= 15 is 0 Å². The fraction of sp³-hybridized carbons (Fsp3) is 0. The molecule has 2 N–H and O–H groups in total. The van der Waals surface area contributed by atoms with Crippen molar-refractivity contribution in [2.24, 2.45) is 0 Å². The third kappa shape index (κ3) is 4.91. The van der Waals surface area contributed by atoms with Crippen molar-refractivity contribution >= 4 is 144 Å². The fourth-order valence-electron chi connectivity index (χ4n) is 9.53. The van der Waals surface area contributed by atoms with Gasteiger partial charge in [0.2, 0.25) is 0 Å². The maximum Gasteiger partial charge on any atom is 0.149 e. The molecule has 0 fully saturated rings. The number of hydrogen-bond donors (Lipinski definition) is 2. The third-order valence-corrected chi connectivity index (χ3v) is 12.9. The molecular weight excluding hydrogens is 673 g/mol. The monoisotopic (exact) mass is 710 g/mol. The average Bonchev–Trinajstić information content (AvgIpc) is 3.24. The smallest absolute Gasteiger partial charge is 0.149 e. The summed E-state index contributed by atoms with van der Waals surface area (Å²) in [6.07, 6.45) is 0. The van der Waals surface area contributed by atoms with Crippen LogP contribution in [0.4, 0.5) is 0 Å². The van der Waals surface area contributed by atoms with Crippen molar-refractivity contribution in [2.75, 3.05) is 0 Å². The number of fused-ring (bicyclic) bond motifs is 7. The van der Waals surface area contributed by atoms with E-state index in [0.717, 1.165) is 65.8 Å². The molecule has 0 radical (unpaired) electrons. The van der Waals surface area contributed by atoms with E-state index in [1.165, 1.54) is 59.6 Å². The van der Waals surface area contributed by atoms with Gasteiger partial charge in [-0.15, -0.1) is 10.9 Å². The Morgan fingerprint density at radius 1 is 0.304 bits per heavy atom. The predicted molar refractivity (Wildman–Crippen MR) is 260 cm³/mol. The molecule has 0 aliphatic rings. The van der Waals surface area contributed by atoms with E-state index in [-0.39, 0.29) is 11.5 Å². The predicted octanol–water partition coefficient (Wildman–Crippen LogP) is 2.57. The highest BCUT2D eigenvalue weighted by Crippen LogP contribution is 2.47. The Bertz CT molecular complexity index is 3280. The summed E-state index contributed by atoms with van der Waals surface area (Å²) >= 11 is 0. The second-order valence-corrected chi connectivity index (χ2v) is 15.7. The zero-order valence-corrected chi connectivity index (χ0v) is 32.6. The number of phenols is 2. The van der Waals surface area contributed by atoms with E-state index in [0.29, 0.717) is 5.46 Å². The zero-order chi connectivity index (χ0) is 38.6. The first-order valence-corrected chi connectivity index (χ1v) is 19.5. The number of benzene rings is 10. The molecule has 56 heavy (non-hydrogen) atoms. The molecule has 2 nitrogen and oxygen atoms in total. The molecule has 0 amide bonds. The van der Waals surface area contributed by atoms with Crippen LogP contribution in [0.5, 0.6) is 11.5 Å². The molecule has 0 spiro atoms. The van der Waals surface area contributed by atoms with Crippen LogP contribution in [0.1, 0.15) is 0 Å². The Kier molecular flexibility index (Phi) is 7.74. The van der Waals surface area contributed by atoms with Gasteiger partial charge in [-0.25, -0.2) is 0 Å². The summed E-state index contributed by atoms with van der Waals surface area (Å²) in [6, 6.07) is 48.1. The maximum atomic E-state index is 12.4. The quantitative estimate of drug-likeness (QED) is 0.169.